The van der Waals surface area contributed by atoms with Gasteiger partial charge in [-0.15, -0.1) is 45.3 Å². The van der Waals surface area contributed by atoms with E-state index >= 15 is 0 Å². The highest BCUT2D eigenvalue weighted by Crippen LogP contribution is 2.60. The Morgan fingerprint density at radius 2 is 0.732 bits per heavy atom. The van der Waals surface area contributed by atoms with E-state index in [1.54, 1.807) is 40.9 Å². The van der Waals surface area contributed by atoms with Gasteiger partial charge in [-0.05, 0) is 177 Å². The summed E-state index contributed by atoms with van der Waals surface area (Å²) in [5.41, 5.74) is 16.8. The van der Waals surface area contributed by atoms with Gasteiger partial charge < -0.3 is 14.9 Å². The molecular formula is C84H62BN2O6S4. The third-order valence-electron chi connectivity index (χ3n) is 18.5. The van der Waals surface area contributed by atoms with Gasteiger partial charge >= 0.3 is 0 Å². The molecular weight excluding hydrogens is 1270 g/mol. The van der Waals surface area contributed by atoms with E-state index in [1.165, 1.54) is 61.9 Å². The van der Waals surface area contributed by atoms with Crippen LogP contribution in [0.2, 0.25) is 0 Å². The smallest absolute Gasteiger partial charge is 0.197 e. The Kier molecular flexibility index (Phi) is 17.0. The van der Waals surface area contributed by atoms with Crippen LogP contribution in [0.4, 0.5) is 34.1 Å². The van der Waals surface area contributed by atoms with E-state index in [0.29, 0.717) is 22.3 Å². The zero-order valence-corrected chi connectivity index (χ0v) is 57.0. The van der Waals surface area contributed by atoms with Crippen molar-refractivity contribution in [2.45, 2.75) is 51.9 Å². The molecule has 0 saturated carbocycles. The molecule has 4 aliphatic carbocycles. The van der Waals surface area contributed by atoms with Crippen LogP contribution in [0.25, 0.3) is 67.3 Å². The van der Waals surface area contributed by atoms with Crippen molar-refractivity contribution in [2.75, 3.05) is 16.4 Å². The second-order valence-corrected chi connectivity index (χ2v) is 29.5. The molecule has 0 atom stereocenters. The fourth-order valence-corrected chi connectivity index (χ4v) is 19.8. The highest BCUT2D eigenvalue weighted by molar-refractivity contribution is 7.31. The maximum atomic E-state index is 13.5. The molecule has 13 heteroatoms. The number of ketones is 4. The maximum absolute atomic E-state index is 13.5. The molecule has 97 heavy (non-hydrogen) atoms. The van der Waals surface area contributed by atoms with Crippen molar-refractivity contribution in [3.05, 3.63) is 302 Å². The minimum Gasteiger partial charge on any atom is -0.397 e. The number of hydrogen-bond donors (Lipinski definition) is 1. The van der Waals surface area contributed by atoms with Gasteiger partial charge in [0.05, 0.1) is 26.3 Å². The topological polar surface area (TPSA) is 112 Å². The number of Topliss-reactive ketones (excluding diaryl/α,β-unsaturated/α-hetero) is 4. The van der Waals surface area contributed by atoms with Gasteiger partial charge in [0.15, 0.2) is 29.4 Å². The Morgan fingerprint density at radius 3 is 1.09 bits per heavy atom. The van der Waals surface area contributed by atoms with Gasteiger partial charge in [0.2, 0.25) is 0 Å². The lowest BCUT2D eigenvalue weighted by Gasteiger charge is -2.28. The van der Waals surface area contributed by atoms with Crippen LogP contribution in [0, 0.1) is 0 Å². The van der Waals surface area contributed by atoms with Crippen molar-refractivity contribution in [1.29, 1.82) is 0 Å². The number of carbonyl (C=O) groups is 5. The van der Waals surface area contributed by atoms with Crippen LogP contribution < -0.4 is 9.80 Å². The van der Waals surface area contributed by atoms with E-state index in [2.05, 4.69) is 189 Å². The van der Waals surface area contributed by atoms with Crippen molar-refractivity contribution in [1.82, 2.24) is 0 Å². The number of nitrogens with zero attached hydrogens (tertiary/aromatic N) is 2. The first-order valence-electron chi connectivity index (χ1n) is 31.9. The first kappa shape index (κ1) is 64.1. The summed E-state index contributed by atoms with van der Waals surface area (Å²) in [6.45, 7) is 11.2. The van der Waals surface area contributed by atoms with Crippen LogP contribution >= 0.6 is 45.3 Å². The third kappa shape index (κ3) is 11.2. The summed E-state index contributed by atoms with van der Waals surface area (Å²) in [4.78, 5) is 70.3. The standard InChI is InChI=1S/C41H27NO2S2.C28H21NOS2.C13H8O2.C2H6O.B/c1-41(2)34-21-28(42(26-13-5-3-6-14-26)27-15-7-4-8-16-27)17-18-30(34)39-36(41)40-35(46-39)23-29(45-40)22-33-37(43)31-19-24-11-9-10-12-25(24)20-32(31)38(33)44;1-28(2)23-15-20(29(18-9-5-3-6-10-18)19-11-7-4-8-12-19)13-14-22(23)26-25(28)27-24(32-26)16-21(17-30)31-27;14-12-7-13(15)11-6-9-4-2-1-3-8(9)5-10(11)12;1-2-3;/h3-23H,1-2H3;3-17H,1-2H3;1-6H,7H2;3H,2H2,1H3;. The van der Waals surface area contributed by atoms with E-state index in [9.17, 15) is 24.0 Å². The Labute approximate surface area is 580 Å². The second-order valence-electron chi connectivity index (χ2n) is 25.2. The number of fused-ring (bicyclic) bond motifs is 14. The number of para-hydroxylation sites is 4. The Hall–Kier alpha value is -10.2. The van der Waals surface area contributed by atoms with Gasteiger partial charge in [0.1, 0.15) is 0 Å². The molecule has 0 bridgehead atoms. The number of hydrogen-bond acceptors (Lipinski definition) is 12. The Morgan fingerprint density at radius 1 is 0.402 bits per heavy atom. The third-order valence-corrected chi connectivity index (χ3v) is 23.3. The van der Waals surface area contributed by atoms with E-state index in [-0.39, 0.29) is 61.0 Å². The van der Waals surface area contributed by atoms with Crippen molar-refractivity contribution in [3.63, 3.8) is 0 Å². The minimum absolute atomic E-state index is 0. The van der Waals surface area contributed by atoms with Crippen LogP contribution in [-0.2, 0) is 10.8 Å². The molecule has 4 aliphatic rings. The lowest BCUT2D eigenvalue weighted by atomic mass is 9.82. The van der Waals surface area contributed by atoms with Gasteiger partial charge in [0.25, 0.3) is 0 Å². The highest BCUT2D eigenvalue weighted by atomic mass is 32.1. The lowest BCUT2D eigenvalue weighted by molar-refractivity contribution is 0.0919. The number of aliphatic hydroxyl groups excluding tert-OH is 1. The molecule has 1 N–H and O–H groups in total. The fraction of sp³-hybridized carbons (Fsp3) is 0.107. The average molecular weight is 1330 g/mol. The number of aliphatic hydroxyl groups is 1. The number of anilines is 6. The van der Waals surface area contributed by atoms with Crippen LogP contribution in [0.3, 0.4) is 0 Å². The van der Waals surface area contributed by atoms with Gasteiger partial charge in [0, 0.05) is 106 Å². The highest BCUT2D eigenvalue weighted by Gasteiger charge is 2.42. The monoisotopic (exact) mass is 1330 g/mol. The van der Waals surface area contributed by atoms with Crippen LogP contribution in [0.5, 0.6) is 0 Å². The number of thiophene rings is 4. The molecule has 0 aliphatic heterocycles. The summed E-state index contributed by atoms with van der Waals surface area (Å²) in [6.07, 6.45) is 2.81. The Bertz CT molecular complexity index is 5320. The van der Waals surface area contributed by atoms with Crippen molar-refractivity contribution in [2.24, 2.45) is 0 Å². The second kappa shape index (κ2) is 25.7. The maximum Gasteiger partial charge on any atom is 0.197 e. The fourth-order valence-electron chi connectivity index (χ4n) is 14.0. The molecule has 14 aromatic rings. The Balaban J connectivity index is 0.000000136. The first-order chi connectivity index (χ1) is 46.6. The molecule has 10 aromatic carbocycles. The van der Waals surface area contributed by atoms with E-state index < -0.39 is 0 Å². The molecule has 0 unspecified atom stereocenters. The van der Waals surface area contributed by atoms with Gasteiger partial charge in [-0.2, -0.15) is 0 Å². The molecule has 471 valence electrons. The summed E-state index contributed by atoms with van der Waals surface area (Å²) in [7, 11) is 0. The van der Waals surface area contributed by atoms with Crippen LogP contribution in [0.1, 0.15) is 119 Å². The number of benzene rings is 10. The zero-order chi connectivity index (χ0) is 66.1. The summed E-state index contributed by atoms with van der Waals surface area (Å²) >= 11 is 6.91. The summed E-state index contributed by atoms with van der Waals surface area (Å²) in [5.74, 6) is -0.481. The molecule has 4 heterocycles. The van der Waals surface area contributed by atoms with Crippen molar-refractivity contribution < 1.29 is 29.1 Å². The predicted octanol–water partition coefficient (Wildman–Crippen LogP) is 22.1. The number of allylic oxidation sites excluding steroid dienone is 1. The minimum atomic E-state index is -0.220. The summed E-state index contributed by atoms with van der Waals surface area (Å²) in [6, 6.07) is 82.9. The molecule has 0 amide bonds. The molecule has 8 nitrogen and oxygen atoms in total. The van der Waals surface area contributed by atoms with E-state index in [4.69, 9.17) is 5.11 Å². The molecule has 18 rings (SSSR count). The molecule has 4 aromatic heterocycles. The molecule has 3 radical (unpaired) electrons. The van der Waals surface area contributed by atoms with E-state index in [1.807, 2.05) is 108 Å². The number of carbonyl (C=O) groups excluding carboxylic acids is 5. The first-order valence-corrected chi connectivity index (χ1v) is 35.1. The quantitative estimate of drug-likeness (QED) is 0.0526. The molecule has 0 saturated heterocycles. The summed E-state index contributed by atoms with van der Waals surface area (Å²) in [5, 5.41) is 11.5. The zero-order valence-electron chi connectivity index (χ0n) is 53.8. The van der Waals surface area contributed by atoms with Crippen LogP contribution in [0.15, 0.2) is 248 Å². The van der Waals surface area contributed by atoms with Gasteiger partial charge in [-0.1, -0.05) is 161 Å². The van der Waals surface area contributed by atoms with Crippen molar-refractivity contribution in [3.8, 4) is 20.9 Å². The number of rotatable bonds is 8. The SMILES string of the molecule is CC1(C)c2cc(N(c3ccccc3)c3ccccc3)ccc2-c2sc3cc(C=C4C(=O)c5cc6ccccc6cc5C4=O)sc3c21.CC1(C)c2cc(N(c3ccccc3)c3ccccc3)ccc2-c2sc3cc(C=O)sc3c21.CCO.O=C1CC(=O)c2cc3ccccc3cc21.[B]. The van der Waals surface area contributed by atoms with E-state index in [0.717, 1.165) is 71.7 Å². The lowest BCUT2D eigenvalue weighted by Crippen LogP contribution is -2.16. The van der Waals surface area contributed by atoms with Gasteiger partial charge in [-0.3, -0.25) is 24.0 Å². The number of aldehydes is 1. The summed E-state index contributed by atoms with van der Waals surface area (Å²) < 4.78 is 4.91. The van der Waals surface area contributed by atoms with Crippen molar-refractivity contribution >= 4 is 164 Å². The normalized spacial score (nSPS) is 13.9. The average Bonchev–Trinajstić information content (AvgIpc) is 1.55. The molecule has 0 spiro atoms. The van der Waals surface area contributed by atoms with Gasteiger partial charge in [-0.25, -0.2) is 0 Å². The molecule has 0 fully saturated rings. The predicted molar refractivity (Wildman–Crippen MR) is 406 cm³/mol. The van der Waals surface area contributed by atoms with Crippen LogP contribution in [-0.4, -0.2) is 49.5 Å². The largest absolute Gasteiger partial charge is 0.397 e.